The lowest BCUT2D eigenvalue weighted by Crippen LogP contribution is -2.52. The average molecular weight is 405 g/mol. The van der Waals surface area contributed by atoms with Crippen molar-refractivity contribution in [3.05, 3.63) is 29.8 Å². The summed E-state index contributed by atoms with van der Waals surface area (Å²) in [5.41, 5.74) is 1.02. The van der Waals surface area contributed by atoms with Gasteiger partial charge in [0.25, 0.3) is 0 Å². The number of benzene rings is 1. The van der Waals surface area contributed by atoms with Crippen molar-refractivity contribution in [2.24, 2.45) is 11.8 Å². The van der Waals surface area contributed by atoms with Gasteiger partial charge in [0.2, 0.25) is 15.9 Å². The SMILES string of the molecule is CC1CCN(C(=O)CCc2ccc(S(=O)(=O)NC3CC3)cc2)C2CCCCC12. The third-order valence-electron chi connectivity index (χ3n) is 6.82. The molecule has 2 saturated carbocycles. The molecule has 0 aromatic heterocycles. The Morgan fingerprint density at radius 3 is 2.50 bits per heavy atom. The number of sulfonamides is 1. The van der Waals surface area contributed by atoms with Gasteiger partial charge in [-0.3, -0.25) is 4.79 Å². The van der Waals surface area contributed by atoms with E-state index in [1.165, 1.54) is 19.3 Å². The summed E-state index contributed by atoms with van der Waals surface area (Å²) >= 11 is 0. The highest BCUT2D eigenvalue weighted by Crippen LogP contribution is 2.39. The van der Waals surface area contributed by atoms with Crippen LogP contribution in [0.4, 0.5) is 0 Å². The van der Waals surface area contributed by atoms with Gasteiger partial charge in [0, 0.05) is 25.0 Å². The first-order valence-corrected chi connectivity index (χ1v) is 12.3. The summed E-state index contributed by atoms with van der Waals surface area (Å²) < 4.78 is 27.2. The van der Waals surface area contributed by atoms with E-state index in [9.17, 15) is 13.2 Å². The quantitative estimate of drug-likeness (QED) is 0.789. The summed E-state index contributed by atoms with van der Waals surface area (Å²) in [6.45, 7) is 3.24. The minimum atomic E-state index is -3.41. The lowest BCUT2D eigenvalue weighted by Gasteiger charge is -2.47. The topological polar surface area (TPSA) is 66.5 Å². The zero-order valence-electron chi connectivity index (χ0n) is 16.8. The summed E-state index contributed by atoms with van der Waals surface area (Å²) in [7, 11) is -3.41. The third-order valence-corrected chi connectivity index (χ3v) is 8.36. The summed E-state index contributed by atoms with van der Waals surface area (Å²) in [6.07, 6.45) is 9.10. The second-order valence-corrected chi connectivity index (χ2v) is 10.6. The molecule has 3 aliphatic rings. The first-order chi connectivity index (χ1) is 13.4. The molecular formula is C22H32N2O3S. The van der Waals surface area contributed by atoms with Gasteiger partial charge in [-0.25, -0.2) is 13.1 Å². The molecule has 154 valence electrons. The maximum absolute atomic E-state index is 12.9. The van der Waals surface area contributed by atoms with Crippen LogP contribution in [0, 0.1) is 11.8 Å². The van der Waals surface area contributed by atoms with Gasteiger partial charge in [0.1, 0.15) is 0 Å². The van der Waals surface area contributed by atoms with E-state index in [1.807, 2.05) is 12.1 Å². The molecule has 3 fully saturated rings. The monoisotopic (exact) mass is 404 g/mol. The average Bonchev–Trinajstić information content (AvgIpc) is 3.50. The van der Waals surface area contributed by atoms with Gasteiger partial charge in [-0.15, -0.1) is 0 Å². The van der Waals surface area contributed by atoms with E-state index in [4.69, 9.17) is 0 Å². The molecule has 1 amide bonds. The Bertz CT molecular complexity index is 802. The number of likely N-dealkylation sites (tertiary alicyclic amines) is 1. The van der Waals surface area contributed by atoms with Crippen molar-refractivity contribution in [3.8, 4) is 0 Å². The first-order valence-electron chi connectivity index (χ1n) is 10.8. The molecule has 6 heteroatoms. The molecule has 2 aliphatic carbocycles. The minimum Gasteiger partial charge on any atom is -0.339 e. The molecular weight excluding hydrogens is 372 g/mol. The molecule has 3 unspecified atom stereocenters. The van der Waals surface area contributed by atoms with E-state index >= 15 is 0 Å². The Morgan fingerprint density at radius 1 is 1.07 bits per heavy atom. The predicted molar refractivity (Wildman–Crippen MR) is 109 cm³/mol. The molecule has 1 N–H and O–H groups in total. The second-order valence-electron chi connectivity index (χ2n) is 8.91. The largest absolute Gasteiger partial charge is 0.339 e. The van der Waals surface area contributed by atoms with Gasteiger partial charge in [-0.1, -0.05) is 31.9 Å². The number of amides is 1. The van der Waals surface area contributed by atoms with Crippen molar-refractivity contribution in [2.45, 2.75) is 81.7 Å². The number of carbonyl (C=O) groups is 1. The smallest absolute Gasteiger partial charge is 0.240 e. The van der Waals surface area contributed by atoms with E-state index in [-0.39, 0.29) is 11.9 Å². The zero-order valence-corrected chi connectivity index (χ0v) is 17.6. The molecule has 1 heterocycles. The van der Waals surface area contributed by atoms with Crippen LogP contribution in [0.5, 0.6) is 0 Å². The van der Waals surface area contributed by atoms with E-state index in [0.29, 0.717) is 29.7 Å². The Morgan fingerprint density at radius 2 is 1.79 bits per heavy atom. The number of hydrogen-bond acceptors (Lipinski definition) is 3. The van der Waals surface area contributed by atoms with Crippen LogP contribution in [0.1, 0.15) is 63.9 Å². The second kappa shape index (κ2) is 8.15. The maximum Gasteiger partial charge on any atom is 0.240 e. The fourth-order valence-electron chi connectivity index (χ4n) is 4.94. The molecule has 1 aromatic rings. The molecule has 4 rings (SSSR count). The molecule has 1 aliphatic heterocycles. The fraction of sp³-hybridized carbons (Fsp3) is 0.682. The number of rotatable bonds is 6. The Kier molecular flexibility index (Phi) is 5.79. The van der Waals surface area contributed by atoms with Crippen LogP contribution in [0.2, 0.25) is 0 Å². The highest BCUT2D eigenvalue weighted by Gasteiger charge is 2.39. The number of piperidine rings is 1. The third kappa shape index (κ3) is 4.43. The summed E-state index contributed by atoms with van der Waals surface area (Å²) in [5.74, 6) is 1.67. The standard InChI is InChI=1S/C22H32N2O3S/c1-16-14-15-24(21-5-3-2-4-20(16)21)22(25)13-8-17-6-11-19(12-7-17)28(26,27)23-18-9-10-18/h6-7,11-12,16,18,20-21,23H,2-5,8-10,13-15H2,1H3. The number of fused-ring (bicyclic) bond motifs is 1. The van der Waals surface area contributed by atoms with Crippen LogP contribution >= 0.6 is 0 Å². The van der Waals surface area contributed by atoms with Crippen molar-refractivity contribution < 1.29 is 13.2 Å². The normalized spacial score (nSPS) is 28.0. The van der Waals surface area contributed by atoms with Crippen LogP contribution in [0.15, 0.2) is 29.2 Å². The lowest BCUT2D eigenvalue weighted by atomic mass is 9.72. The van der Waals surface area contributed by atoms with Gasteiger partial charge < -0.3 is 4.90 Å². The van der Waals surface area contributed by atoms with Crippen LogP contribution in [0.3, 0.4) is 0 Å². The van der Waals surface area contributed by atoms with Crippen molar-refractivity contribution in [2.75, 3.05) is 6.54 Å². The fourth-order valence-corrected chi connectivity index (χ4v) is 6.25. The number of nitrogens with one attached hydrogen (secondary N) is 1. The Hall–Kier alpha value is -1.40. The number of aryl methyl sites for hydroxylation is 1. The molecule has 1 aromatic carbocycles. The van der Waals surface area contributed by atoms with E-state index in [2.05, 4.69) is 16.5 Å². The van der Waals surface area contributed by atoms with E-state index in [0.717, 1.165) is 43.7 Å². The van der Waals surface area contributed by atoms with E-state index in [1.54, 1.807) is 12.1 Å². The highest BCUT2D eigenvalue weighted by molar-refractivity contribution is 7.89. The van der Waals surface area contributed by atoms with Gasteiger partial charge in [0.05, 0.1) is 4.90 Å². The van der Waals surface area contributed by atoms with Crippen LogP contribution in [-0.4, -0.2) is 37.9 Å². The minimum absolute atomic E-state index is 0.109. The van der Waals surface area contributed by atoms with Gasteiger partial charge in [-0.2, -0.15) is 0 Å². The number of carbonyl (C=O) groups excluding carboxylic acids is 1. The van der Waals surface area contributed by atoms with Crippen molar-refractivity contribution in [1.82, 2.24) is 9.62 Å². The Balaban J connectivity index is 1.34. The molecule has 1 saturated heterocycles. The predicted octanol–water partition coefficient (Wildman–Crippen LogP) is 3.49. The molecule has 3 atom stereocenters. The van der Waals surface area contributed by atoms with Gasteiger partial charge in [0.15, 0.2) is 0 Å². The summed E-state index contributed by atoms with van der Waals surface area (Å²) in [4.78, 5) is 15.4. The molecule has 28 heavy (non-hydrogen) atoms. The van der Waals surface area contributed by atoms with E-state index < -0.39 is 10.0 Å². The first kappa shape index (κ1) is 19.9. The Labute approximate surface area is 168 Å². The number of hydrogen-bond donors (Lipinski definition) is 1. The van der Waals surface area contributed by atoms with Gasteiger partial charge >= 0.3 is 0 Å². The van der Waals surface area contributed by atoms with Crippen LogP contribution in [-0.2, 0) is 21.2 Å². The van der Waals surface area contributed by atoms with Crippen LogP contribution < -0.4 is 4.72 Å². The van der Waals surface area contributed by atoms with Crippen molar-refractivity contribution in [1.29, 1.82) is 0 Å². The highest BCUT2D eigenvalue weighted by atomic mass is 32.2. The zero-order chi connectivity index (χ0) is 19.7. The molecule has 0 radical (unpaired) electrons. The molecule has 0 spiro atoms. The lowest BCUT2D eigenvalue weighted by molar-refractivity contribution is -0.139. The molecule has 5 nitrogen and oxygen atoms in total. The van der Waals surface area contributed by atoms with Crippen molar-refractivity contribution >= 4 is 15.9 Å². The van der Waals surface area contributed by atoms with Crippen LogP contribution in [0.25, 0.3) is 0 Å². The van der Waals surface area contributed by atoms with Gasteiger partial charge in [-0.05, 0) is 68.1 Å². The maximum atomic E-state index is 12.9. The summed E-state index contributed by atoms with van der Waals surface area (Å²) in [6, 6.07) is 7.55. The summed E-state index contributed by atoms with van der Waals surface area (Å²) in [5, 5.41) is 0. The number of nitrogens with zero attached hydrogens (tertiary/aromatic N) is 1. The molecule has 0 bridgehead atoms. The van der Waals surface area contributed by atoms with Crippen molar-refractivity contribution in [3.63, 3.8) is 0 Å².